The third kappa shape index (κ3) is 29.6. The maximum atomic E-state index is 13.1. The molecule has 0 bridgehead atoms. The van der Waals surface area contributed by atoms with Gasteiger partial charge in [-0.2, -0.15) is 0 Å². The molecule has 11 nitrogen and oxygen atoms in total. The van der Waals surface area contributed by atoms with Crippen LogP contribution in [0.15, 0.2) is 24.3 Å². The Bertz CT molecular complexity index is 1040. The summed E-state index contributed by atoms with van der Waals surface area (Å²) in [5, 5.41) is 75.6. The molecule has 0 saturated carbocycles. The Labute approximate surface area is 372 Å². The van der Waals surface area contributed by atoms with Gasteiger partial charge in [0.15, 0.2) is 6.29 Å². The summed E-state index contributed by atoms with van der Waals surface area (Å²) in [7, 11) is 0. The van der Waals surface area contributed by atoms with E-state index in [1.165, 1.54) is 135 Å². The first kappa shape index (κ1) is 57.6. The number of carbonyl (C=O) groups is 1. The normalized spacial score (nSPS) is 21.6. The molecule has 61 heavy (non-hydrogen) atoms. The zero-order chi connectivity index (χ0) is 44.8. The van der Waals surface area contributed by atoms with Gasteiger partial charge in [-0.1, -0.05) is 179 Å². The summed E-state index contributed by atoms with van der Waals surface area (Å²) >= 11 is 0. The number of nitrogens with one attached hydrogen (secondary N) is 1. The molecule has 0 aromatic rings. The van der Waals surface area contributed by atoms with Crippen LogP contribution in [0.3, 0.4) is 0 Å². The van der Waals surface area contributed by atoms with Crippen LogP contribution in [0, 0.1) is 0 Å². The summed E-state index contributed by atoms with van der Waals surface area (Å²) in [6, 6.07) is -1.18. The van der Waals surface area contributed by atoms with Gasteiger partial charge in [-0.3, -0.25) is 4.79 Å². The van der Waals surface area contributed by atoms with Crippen molar-refractivity contribution in [1.82, 2.24) is 5.32 Å². The molecule has 0 radical (unpaired) electrons. The lowest BCUT2D eigenvalue weighted by Crippen LogP contribution is -2.60. The van der Waals surface area contributed by atoms with Gasteiger partial charge in [-0.15, -0.1) is 0 Å². The molecular weight excluding hydrogens is 775 g/mol. The van der Waals surface area contributed by atoms with Crippen LogP contribution >= 0.6 is 0 Å². The van der Waals surface area contributed by atoms with Crippen molar-refractivity contribution >= 4 is 5.91 Å². The van der Waals surface area contributed by atoms with Gasteiger partial charge < -0.3 is 50.5 Å². The van der Waals surface area contributed by atoms with E-state index in [9.17, 15) is 40.5 Å². The second-order valence-electron chi connectivity index (χ2n) is 17.9. The summed E-state index contributed by atoms with van der Waals surface area (Å²) in [5.74, 6) is -0.710. The van der Waals surface area contributed by atoms with Gasteiger partial charge in [0.2, 0.25) is 5.91 Å². The molecule has 1 heterocycles. The predicted molar refractivity (Wildman–Crippen MR) is 247 cm³/mol. The van der Waals surface area contributed by atoms with Gasteiger partial charge in [-0.05, 0) is 64.2 Å². The number of hydrogen-bond donors (Lipinski definition) is 8. The molecule has 1 rings (SSSR count). The van der Waals surface area contributed by atoms with Gasteiger partial charge in [0.25, 0.3) is 0 Å². The Kier molecular flexibility index (Phi) is 37.9. The van der Waals surface area contributed by atoms with Crippen molar-refractivity contribution in [2.75, 3.05) is 13.2 Å². The topological polar surface area (TPSA) is 189 Å². The number of carbonyl (C=O) groups excluding carboxylic acids is 1. The van der Waals surface area contributed by atoms with E-state index in [4.69, 9.17) is 9.47 Å². The zero-order valence-electron chi connectivity index (χ0n) is 38.9. The maximum Gasteiger partial charge on any atom is 0.249 e. The molecule has 1 aliphatic heterocycles. The Morgan fingerprint density at radius 3 is 1.41 bits per heavy atom. The molecule has 0 aliphatic carbocycles. The Morgan fingerprint density at radius 1 is 0.557 bits per heavy atom. The van der Waals surface area contributed by atoms with E-state index in [1.807, 2.05) is 0 Å². The average Bonchev–Trinajstić information content (AvgIpc) is 3.26. The summed E-state index contributed by atoms with van der Waals surface area (Å²) in [6.45, 7) is 3.41. The highest BCUT2D eigenvalue weighted by atomic mass is 16.7. The van der Waals surface area contributed by atoms with Gasteiger partial charge in [0.1, 0.15) is 36.6 Å². The number of aliphatic hydroxyl groups is 7. The molecule has 8 N–H and O–H groups in total. The van der Waals surface area contributed by atoms with E-state index in [0.29, 0.717) is 12.8 Å². The second kappa shape index (κ2) is 40.1. The molecule has 0 aromatic heterocycles. The predicted octanol–water partition coefficient (Wildman–Crippen LogP) is 9.01. The smallest absolute Gasteiger partial charge is 0.249 e. The van der Waals surface area contributed by atoms with Crippen molar-refractivity contribution in [2.24, 2.45) is 0 Å². The molecule has 1 aliphatic rings. The molecule has 1 saturated heterocycles. The number of ether oxygens (including phenoxy) is 2. The highest BCUT2D eigenvalue weighted by molar-refractivity contribution is 5.80. The SMILES string of the molecule is CCCCCCCC/C=C/CCCC(O)C(O)C(COC1OC(CO)C(O)C(O)C1O)NC(=O)C(O)CCCCCCCCC/C=C\CCCCCCCCCCCCCC. The summed E-state index contributed by atoms with van der Waals surface area (Å²) in [6.07, 6.45) is 33.9. The largest absolute Gasteiger partial charge is 0.394 e. The van der Waals surface area contributed by atoms with Crippen LogP contribution < -0.4 is 5.32 Å². The molecular formula is C50H95NO10. The highest BCUT2D eigenvalue weighted by Crippen LogP contribution is 2.23. The van der Waals surface area contributed by atoms with Crippen LogP contribution in [-0.4, -0.2) is 110 Å². The fourth-order valence-corrected chi connectivity index (χ4v) is 8.02. The van der Waals surface area contributed by atoms with Crippen molar-refractivity contribution in [3.8, 4) is 0 Å². The first-order valence-corrected chi connectivity index (χ1v) is 25.2. The van der Waals surface area contributed by atoms with Crippen molar-refractivity contribution in [1.29, 1.82) is 0 Å². The van der Waals surface area contributed by atoms with Crippen LogP contribution in [0.1, 0.15) is 219 Å². The third-order valence-corrected chi connectivity index (χ3v) is 12.2. The van der Waals surface area contributed by atoms with E-state index in [-0.39, 0.29) is 12.8 Å². The quantitative estimate of drug-likeness (QED) is 0.0217. The highest BCUT2D eigenvalue weighted by Gasteiger charge is 2.44. The zero-order valence-corrected chi connectivity index (χ0v) is 38.9. The van der Waals surface area contributed by atoms with E-state index in [1.54, 1.807) is 0 Å². The fraction of sp³-hybridized carbons (Fsp3) is 0.900. The summed E-state index contributed by atoms with van der Waals surface area (Å²) in [4.78, 5) is 13.1. The average molecular weight is 870 g/mol. The monoisotopic (exact) mass is 870 g/mol. The molecule has 9 unspecified atom stereocenters. The van der Waals surface area contributed by atoms with E-state index in [2.05, 4.69) is 43.5 Å². The number of hydrogen-bond acceptors (Lipinski definition) is 10. The van der Waals surface area contributed by atoms with Crippen molar-refractivity contribution in [3.63, 3.8) is 0 Å². The minimum absolute atomic E-state index is 0.250. The molecule has 1 amide bonds. The van der Waals surface area contributed by atoms with Gasteiger partial charge in [-0.25, -0.2) is 0 Å². The lowest BCUT2D eigenvalue weighted by atomic mass is 9.98. The first-order chi connectivity index (χ1) is 29.7. The van der Waals surface area contributed by atoms with Gasteiger partial charge >= 0.3 is 0 Å². The van der Waals surface area contributed by atoms with E-state index < -0.39 is 74.2 Å². The minimum atomic E-state index is -1.67. The standard InChI is InChI=1S/C50H95NO10/c1-3-5-7-9-11-13-15-16-17-18-19-20-21-22-23-24-25-26-28-30-32-34-36-38-43(54)49(59)51-41(40-60-50-48(58)47(57)46(56)44(39-52)61-50)45(55)42(53)37-35-33-31-29-27-14-12-10-8-6-4-2/h22-23,29,31,41-48,50,52-58H,3-21,24-28,30,32-40H2,1-2H3,(H,51,59)/b23-22-,31-29+. The molecule has 0 aromatic carbocycles. The number of unbranched alkanes of at least 4 members (excludes halogenated alkanes) is 26. The second-order valence-corrected chi connectivity index (χ2v) is 17.9. The summed E-state index contributed by atoms with van der Waals surface area (Å²) in [5.41, 5.74) is 0. The number of rotatable bonds is 42. The maximum absolute atomic E-state index is 13.1. The molecule has 1 fully saturated rings. The minimum Gasteiger partial charge on any atom is -0.394 e. The lowest BCUT2D eigenvalue weighted by Gasteiger charge is -2.40. The lowest BCUT2D eigenvalue weighted by molar-refractivity contribution is -0.303. The van der Waals surface area contributed by atoms with Crippen LogP contribution in [0.2, 0.25) is 0 Å². The Balaban J connectivity index is 2.35. The third-order valence-electron chi connectivity index (χ3n) is 12.2. The first-order valence-electron chi connectivity index (χ1n) is 25.2. The number of aliphatic hydroxyl groups excluding tert-OH is 7. The van der Waals surface area contributed by atoms with Crippen molar-refractivity contribution in [3.05, 3.63) is 24.3 Å². The van der Waals surface area contributed by atoms with Gasteiger partial charge in [0.05, 0.1) is 25.4 Å². The Hall–Kier alpha value is -1.41. The summed E-state index contributed by atoms with van der Waals surface area (Å²) < 4.78 is 11.1. The molecule has 11 heteroatoms. The molecule has 0 spiro atoms. The Morgan fingerprint density at radius 2 is 0.967 bits per heavy atom. The molecule has 9 atom stereocenters. The van der Waals surface area contributed by atoms with Crippen LogP contribution in [0.25, 0.3) is 0 Å². The van der Waals surface area contributed by atoms with Crippen LogP contribution in [0.5, 0.6) is 0 Å². The molecule has 360 valence electrons. The van der Waals surface area contributed by atoms with Crippen LogP contribution in [0.4, 0.5) is 0 Å². The van der Waals surface area contributed by atoms with Crippen molar-refractivity contribution < 1.29 is 50.0 Å². The van der Waals surface area contributed by atoms with E-state index >= 15 is 0 Å². The fourth-order valence-electron chi connectivity index (χ4n) is 8.02. The van der Waals surface area contributed by atoms with Gasteiger partial charge in [0, 0.05) is 0 Å². The number of allylic oxidation sites excluding steroid dienone is 4. The number of amides is 1. The van der Waals surface area contributed by atoms with Crippen molar-refractivity contribution in [2.45, 2.75) is 274 Å². The van der Waals surface area contributed by atoms with E-state index in [0.717, 1.165) is 44.9 Å². The van der Waals surface area contributed by atoms with Crippen LogP contribution in [-0.2, 0) is 14.3 Å².